The molecule has 0 aliphatic heterocycles. The van der Waals surface area contributed by atoms with Crippen LogP contribution < -0.4 is 10.5 Å². The Kier molecular flexibility index (Phi) is 5.95. The Morgan fingerprint density at radius 2 is 1.64 bits per heavy atom. The minimum absolute atomic E-state index is 0.0175. The molecular weight excluding hydrogens is 390 g/mol. The summed E-state index contributed by atoms with van der Waals surface area (Å²) in [7, 11) is 0. The van der Waals surface area contributed by atoms with Crippen LogP contribution >= 0.6 is 11.3 Å². The largest absolute Gasteiger partial charge is 0.486 e. The predicted octanol–water partition coefficient (Wildman–Crippen LogP) is 3.38. The zero-order valence-electron chi connectivity index (χ0n) is 14.3. The number of halogens is 2. The van der Waals surface area contributed by atoms with Crippen LogP contribution in [0.4, 0.5) is 8.78 Å². The average Bonchev–Trinajstić information content (AvgIpc) is 3.15. The first-order valence-corrected chi connectivity index (χ1v) is 8.89. The molecule has 0 bridgehead atoms. The molecule has 28 heavy (non-hydrogen) atoms. The molecule has 9 heteroatoms. The summed E-state index contributed by atoms with van der Waals surface area (Å²) >= 11 is 1.16. The summed E-state index contributed by atoms with van der Waals surface area (Å²) in [5, 5.41) is 1.93. The number of benzene rings is 2. The Morgan fingerprint density at radius 1 is 1.04 bits per heavy atom. The first-order chi connectivity index (χ1) is 13.4. The average molecular weight is 404 g/mol. The molecule has 3 aromatic rings. The number of nitrogens with zero attached hydrogens (tertiary/aromatic N) is 1. The number of primary amides is 1. The number of carbonyl (C=O) groups excluding carboxylic acids is 2. The number of carbonyl (C=O) groups is 2. The molecule has 0 aliphatic carbocycles. The first kappa shape index (κ1) is 19.4. The quantitative estimate of drug-likeness (QED) is 0.610. The number of nitrogens with two attached hydrogens (primary N) is 1. The van der Waals surface area contributed by atoms with Gasteiger partial charge in [-0.15, -0.1) is 11.3 Å². The fourth-order valence-corrected chi connectivity index (χ4v) is 2.92. The van der Waals surface area contributed by atoms with Crippen LogP contribution in [0.3, 0.4) is 0 Å². The van der Waals surface area contributed by atoms with E-state index < -0.39 is 23.8 Å². The van der Waals surface area contributed by atoms with Crippen LogP contribution in [0, 0.1) is 11.6 Å². The third kappa shape index (κ3) is 4.89. The van der Waals surface area contributed by atoms with Gasteiger partial charge in [0, 0.05) is 10.9 Å². The third-order valence-electron chi connectivity index (χ3n) is 3.59. The van der Waals surface area contributed by atoms with E-state index in [4.69, 9.17) is 15.2 Å². The number of aromatic nitrogens is 1. The normalized spacial score (nSPS) is 11.6. The maximum atomic E-state index is 13.0. The third-order valence-corrected chi connectivity index (χ3v) is 4.42. The van der Waals surface area contributed by atoms with Crippen LogP contribution in [0.2, 0.25) is 0 Å². The highest BCUT2D eigenvalue weighted by Crippen LogP contribution is 2.21. The molecule has 1 heterocycles. The van der Waals surface area contributed by atoms with Gasteiger partial charge in [0.2, 0.25) is 6.10 Å². The highest BCUT2D eigenvalue weighted by molar-refractivity contribution is 7.09. The molecule has 0 fully saturated rings. The van der Waals surface area contributed by atoms with Crippen LogP contribution in [0.15, 0.2) is 53.9 Å². The van der Waals surface area contributed by atoms with E-state index in [1.54, 1.807) is 0 Å². The van der Waals surface area contributed by atoms with Gasteiger partial charge in [0.1, 0.15) is 29.0 Å². The molecule has 2 N–H and O–H groups in total. The molecule has 1 amide bonds. The SMILES string of the molecule is NC(=O)C(OC(=O)c1csc(COc2ccc(F)cc2)n1)c1ccc(F)cc1. The summed E-state index contributed by atoms with van der Waals surface area (Å²) in [5.74, 6) is -2.17. The van der Waals surface area contributed by atoms with Gasteiger partial charge >= 0.3 is 5.97 Å². The van der Waals surface area contributed by atoms with E-state index in [1.165, 1.54) is 41.8 Å². The van der Waals surface area contributed by atoms with Gasteiger partial charge < -0.3 is 15.2 Å². The van der Waals surface area contributed by atoms with Crippen molar-refractivity contribution >= 4 is 23.2 Å². The maximum absolute atomic E-state index is 13.0. The van der Waals surface area contributed by atoms with E-state index in [0.29, 0.717) is 10.8 Å². The molecule has 1 atom stereocenters. The molecule has 1 aromatic heterocycles. The molecule has 0 spiro atoms. The highest BCUT2D eigenvalue weighted by atomic mass is 32.1. The van der Waals surface area contributed by atoms with Crippen LogP contribution in [-0.4, -0.2) is 16.9 Å². The van der Waals surface area contributed by atoms with Crippen molar-refractivity contribution in [1.82, 2.24) is 4.98 Å². The van der Waals surface area contributed by atoms with Gasteiger partial charge in [-0.1, -0.05) is 12.1 Å². The summed E-state index contributed by atoms with van der Waals surface area (Å²) in [6, 6.07) is 10.3. The Labute approximate surface area is 162 Å². The minimum atomic E-state index is -1.37. The van der Waals surface area contributed by atoms with Crippen molar-refractivity contribution in [3.8, 4) is 5.75 Å². The molecule has 3 rings (SSSR count). The Bertz CT molecular complexity index is 974. The van der Waals surface area contributed by atoms with Crippen molar-refractivity contribution in [3.05, 3.63) is 81.8 Å². The molecule has 0 saturated heterocycles. The lowest BCUT2D eigenvalue weighted by atomic mass is 10.1. The predicted molar refractivity (Wildman–Crippen MR) is 96.6 cm³/mol. The first-order valence-electron chi connectivity index (χ1n) is 8.01. The van der Waals surface area contributed by atoms with Crippen molar-refractivity contribution in [2.24, 2.45) is 5.73 Å². The summed E-state index contributed by atoms with van der Waals surface area (Å²) < 4.78 is 36.5. The van der Waals surface area contributed by atoms with Crippen molar-refractivity contribution in [1.29, 1.82) is 0 Å². The number of hydrogen-bond acceptors (Lipinski definition) is 6. The highest BCUT2D eigenvalue weighted by Gasteiger charge is 2.24. The molecule has 0 aliphatic rings. The lowest BCUT2D eigenvalue weighted by Gasteiger charge is -2.14. The second-order valence-electron chi connectivity index (χ2n) is 5.61. The van der Waals surface area contributed by atoms with Gasteiger partial charge in [-0.2, -0.15) is 0 Å². The molecule has 144 valence electrons. The van der Waals surface area contributed by atoms with Gasteiger partial charge in [-0.3, -0.25) is 4.79 Å². The van der Waals surface area contributed by atoms with Gasteiger partial charge in [0.15, 0.2) is 5.69 Å². The zero-order chi connectivity index (χ0) is 20.1. The lowest BCUT2D eigenvalue weighted by molar-refractivity contribution is -0.127. The van der Waals surface area contributed by atoms with E-state index >= 15 is 0 Å². The van der Waals surface area contributed by atoms with Crippen LogP contribution in [0.1, 0.15) is 27.2 Å². The van der Waals surface area contributed by atoms with Crippen molar-refractivity contribution < 1.29 is 27.8 Å². The maximum Gasteiger partial charge on any atom is 0.358 e. The number of rotatable bonds is 7. The van der Waals surface area contributed by atoms with E-state index in [2.05, 4.69) is 4.98 Å². The molecule has 0 saturated carbocycles. The van der Waals surface area contributed by atoms with E-state index in [9.17, 15) is 18.4 Å². The molecule has 6 nitrogen and oxygen atoms in total. The molecule has 1 unspecified atom stereocenters. The second-order valence-corrected chi connectivity index (χ2v) is 6.55. The lowest BCUT2D eigenvalue weighted by Crippen LogP contribution is -2.26. The van der Waals surface area contributed by atoms with Gasteiger partial charge in [-0.05, 0) is 36.4 Å². The number of ether oxygens (including phenoxy) is 2. The number of thiazole rings is 1. The monoisotopic (exact) mass is 404 g/mol. The van der Waals surface area contributed by atoms with Gasteiger partial charge in [0.25, 0.3) is 5.91 Å². The Morgan fingerprint density at radius 3 is 2.25 bits per heavy atom. The van der Waals surface area contributed by atoms with E-state index in [-0.39, 0.29) is 23.7 Å². The summed E-state index contributed by atoms with van der Waals surface area (Å²) in [5.41, 5.74) is 5.52. The summed E-state index contributed by atoms with van der Waals surface area (Å²) in [6.45, 7) is 0.0702. The van der Waals surface area contributed by atoms with Crippen molar-refractivity contribution in [2.45, 2.75) is 12.7 Å². The van der Waals surface area contributed by atoms with Crippen molar-refractivity contribution in [3.63, 3.8) is 0 Å². The van der Waals surface area contributed by atoms with Crippen LogP contribution in [-0.2, 0) is 16.1 Å². The summed E-state index contributed by atoms with van der Waals surface area (Å²) in [6.07, 6.45) is -1.37. The van der Waals surface area contributed by atoms with Crippen LogP contribution in [0.25, 0.3) is 0 Å². The molecule has 0 radical (unpaired) electrons. The number of esters is 1. The van der Waals surface area contributed by atoms with E-state index in [1.807, 2.05) is 0 Å². The Hall–Kier alpha value is -3.33. The number of hydrogen-bond donors (Lipinski definition) is 1. The minimum Gasteiger partial charge on any atom is -0.486 e. The Balaban J connectivity index is 1.64. The smallest absolute Gasteiger partial charge is 0.358 e. The number of amides is 1. The second kappa shape index (κ2) is 8.57. The molecular formula is C19H14F2N2O4S. The summed E-state index contributed by atoms with van der Waals surface area (Å²) in [4.78, 5) is 28.0. The van der Waals surface area contributed by atoms with Crippen LogP contribution in [0.5, 0.6) is 5.75 Å². The fraction of sp³-hybridized carbons (Fsp3) is 0.105. The fourth-order valence-electron chi connectivity index (χ4n) is 2.24. The standard InChI is InChI=1S/C19H14F2N2O4S/c20-12-3-1-11(2-4-12)17(18(22)24)27-19(25)15-10-28-16(23-15)9-26-14-7-5-13(21)6-8-14/h1-8,10,17H,9H2,(H2,22,24). The van der Waals surface area contributed by atoms with Gasteiger partial charge in [-0.25, -0.2) is 18.6 Å². The van der Waals surface area contributed by atoms with Gasteiger partial charge in [0.05, 0.1) is 0 Å². The van der Waals surface area contributed by atoms with Crippen molar-refractivity contribution in [2.75, 3.05) is 0 Å². The molecule has 2 aromatic carbocycles. The zero-order valence-corrected chi connectivity index (χ0v) is 15.1. The van der Waals surface area contributed by atoms with E-state index in [0.717, 1.165) is 23.5 Å². The topological polar surface area (TPSA) is 91.5 Å².